The third kappa shape index (κ3) is 5.43. The number of esters is 1. The molecule has 1 aromatic carbocycles. The lowest BCUT2D eigenvalue weighted by molar-refractivity contribution is -0.125. The minimum Gasteiger partial charge on any atom is -0.452 e. The first-order valence-electron chi connectivity index (χ1n) is 8.89. The van der Waals surface area contributed by atoms with Gasteiger partial charge in [-0.15, -0.1) is 0 Å². The van der Waals surface area contributed by atoms with E-state index in [0.29, 0.717) is 13.1 Å². The largest absolute Gasteiger partial charge is 0.452 e. The number of hydrogen-bond donors (Lipinski definition) is 1. The number of nitrogens with one attached hydrogen (secondary N) is 1. The van der Waals surface area contributed by atoms with Crippen molar-refractivity contribution in [1.29, 1.82) is 0 Å². The van der Waals surface area contributed by atoms with Gasteiger partial charge in [0.25, 0.3) is 5.91 Å². The number of carbonyl (C=O) groups is 2. The molecule has 0 spiro atoms. The predicted molar refractivity (Wildman–Crippen MR) is 102 cm³/mol. The highest BCUT2D eigenvalue weighted by Crippen LogP contribution is 2.25. The van der Waals surface area contributed by atoms with Crippen molar-refractivity contribution < 1.29 is 22.7 Å². The summed E-state index contributed by atoms with van der Waals surface area (Å²) < 4.78 is 31.7. The first kappa shape index (κ1) is 21.7. The van der Waals surface area contributed by atoms with Gasteiger partial charge in [-0.1, -0.05) is 25.4 Å². The Morgan fingerprint density at radius 2 is 1.85 bits per heavy atom. The molecule has 1 fully saturated rings. The molecule has 1 aliphatic rings. The number of hydrogen-bond acceptors (Lipinski definition) is 5. The minimum atomic E-state index is -3.68. The van der Waals surface area contributed by atoms with Crippen molar-refractivity contribution >= 4 is 33.5 Å². The molecule has 150 valence electrons. The molecule has 0 saturated carbocycles. The summed E-state index contributed by atoms with van der Waals surface area (Å²) in [7, 11) is -3.68. The number of halogens is 1. The fourth-order valence-electron chi connectivity index (χ4n) is 2.57. The van der Waals surface area contributed by atoms with E-state index in [1.54, 1.807) is 0 Å². The van der Waals surface area contributed by atoms with Gasteiger partial charge in [0.2, 0.25) is 10.0 Å². The Hall–Kier alpha value is -1.64. The fraction of sp³-hybridized carbons (Fsp3) is 0.556. The first-order chi connectivity index (χ1) is 12.6. The van der Waals surface area contributed by atoms with Gasteiger partial charge in [-0.3, -0.25) is 4.79 Å². The van der Waals surface area contributed by atoms with Gasteiger partial charge in [0.15, 0.2) is 6.61 Å². The normalized spacial score (nSPS) is 16.3. The van der Waals surface area contributed by atoms with Crippen LogP contribution < -0.4 is 5.32 Å². The van der Waals surface area contributed by atoms with E-state index in [0.717, 1.165) is 12.8 Å². The summed E-state index contributed by atoms with van der Waals surface area (Å²) in [5.74, 6) is -1.03. The van der Waals surface area contributed by atoms with Gasteiger partial charge in [-0.05, 0) is 43.9 Å². The lowest BCUT2D eigenvalue weighted by Gasteiger charge is -2.17. The molecule has 1 saturated heterocycles. The quantitative estimate of drug-likeness (QED) is 0.689. The number of benzene rings is 1. The second-order valence-electron chi connectivity index (χ2n) is 6.93. The van der Waals surface area contributed by atoms with Crippen LogP contribution in [0, 0.1) is 5.92 Å². The molecule has 1 N–H and O–H groups in total. The van der Waals surface area contributed by atoms with Gasteiger partial charge < -0.3 is 10.1 Å². The molecular weight excluding hydrogens is 392 g/mol. The SMILES string of the molecule is CC(C)[C@@H](C)NC(=O)COC(=O)c1cc(S(=O)(=O)N2CCCC2)ccc1Cl. The van der Waals surface area contributed by atoms with Crippen molar-refractivity contribution in [3.63, 3.8) is 0 Å². The number of rotatable bonds is 7. The highest BCUT2D eigenvalue weighted by molar-refractivity contribution is 7.89. The summed E-state index contributed by atoms with van der Waals surface area (Å²) >= 11 is 6.03. The number of amides is 1. The molecular formula is C18H25ClN2O5S. The van der Waals surface area contributed by atoms with Crippen LogP contribution in [0.1, 0.15) is 44.0 Å². The smallest absolute Gasteiger partial charge is 0.340 e. The van der Waals surface area contributed by atoms with Crippen LogP contribution in [0.4, 0.5) is 0 Å². The molecule has 9 heteroatoms. The Labute approximate surface area is 165 Å². The van der Waals surface area contributed by atoms with E-state index in [1.807, 2.05) is 20.8 Å². The van der Waals surface area contributed by atoms with Gasteiger partial charge in [0, 0.05) is 19.1 Å². The van der Waals surface area contributed by atoms with Gasteiger partial charge in [0.05, 0.1) is 15.5 Å². The second-order valence-corrected chi connectivity index (χ2v) is 9.27. The molecule has 2 rings (SSSR count). The molecule has 1 amide bonds. The molecule has 0 unspecified atom stereocenters. The molecule has 1 aliphatic heterocycles. The van der Waals surface area contributed by atoms with Crippen LogP contribution in [0.5, 0.6) is 0 Å². The van der Waals surface area contributed by atoms with Crippen LogP contribution in [-0.2, 0) is 19.6 Å². The molecule has 1 atom stereocenters. The van der Waals surface area contributed by atoms with Crippen molar-refractivity contribution in [3.8, 4) is 0 Å². The van der Waals surface area contributed by atoms with Gasteiger partial charge in [0.1, 0.15) is 0 Å². The summed E-state index contributed by atoms with van der Waals surface area (Å²) in [6, 6.07) is 3.85. The average molecular weight is 417 g/mol. The highest BCUT2D eigenvalue weighted by Gasteiger charge is 2.28. The fourth-order valence-corrected chi connectivity index (χ4v) is 4.31. The monoisotopic (exact) mass is 416 g/mol. The topological polar surface area (TPSA) is 92.8 Å². The maximum atomic E-state index is 12.6. The molecule has 1 heterocycles. The zero-order valence-electron chi connectivity index (χ0n) is 15.7. The third-order valence-corrected chi connectivity index (χ3v) is 6.81. The highest BCUT2D eigenvalue weighted by atomic mass is 35.5. The Morgan fingerprint density at radius 1 is 1.22 bits per heavy atom. The molecule has 0 bridgehead atoms. The van der Waals surface area contributed by atoms with Crippen molar-refractivity contribution in [2.24, 2.45) is 5.92 Å². The summed E-state index contributed by atoms with van der Waals surface area (Å²) in [6.45, 7) is 6.23. The van der Waals surface area contributed by atoms with Crippen LogP contribution in [0.3, 0.4) is 0 Å². The number of ether oxygens (including phenoxy) is 1. The summed E-state index contributed by atoms with van der Waals surface area (Å²) in [6.07, 6.45) is 1.62. The zero-order valence-corrected chi connectivity index (χ0v) is 17.3. The lowest BCUT2D eigenvalue weighted by Crippen LogP contribution is -2.38. The third-order valence-electron chi connectivity index (χ3n) is 4.58. The maximum absolute atomic E-state index is 12.6. The molecule has 1 aromatic rings. The van der Waals surface area contributed by atoms with E-state index in [2.05, 4.69) is 5.32 Å². The lowest BCUT2D eigenvalue weighted by atomic mass is 10.1. The van der Waals surface area contributed by atoms with Gasteiger partial charge in [-0.2, -0.15) is 4.31 Å². The van der Waals surface area contributed by atoms with Gasteiger partial charge >= 0.3 is 5.97 Å². The van der Waals surface area contributed by atoms with Crippen LogP contribution >= 0.6 is 11.6 Å². The molecule has 0 aliphatic carbocycles. The summed E-state index contributed by atoms with van der Waals surface area (Å²) in [4.78, 5) is 24.1. The Morgan fingerprint density at radius 3 is 2.44 bits per heavy atom. The van der Waals surface area contributed by atoms with Crippen LogP contribution in [0.15, 0.2) is 23.1 Å². The summed E-state index contributed by atoms with van der Waals surface area (Å²) in [5.41, 5.74) is -0.0818. The van der Waals surface area contributed by atoms with Crippen LogP contribution in [0.25, 0.3) is 0 Å². The number of carbonyl (C=O) groups excluding carboxylic acids is 2. The summed E-state index contributed by atoms with van der Waals surface area (Å²) in [5, 5.41) is 2.79. The Balaban J connectivity index is 2.09. The van der Waals surface area contributed by atoms with Crippen molar-refractivity contribution in [1.82, 2.24) is 9.62 Å². The van der Waals surface area contributed by atoms with E-state index in [9.17, 15) is 18.0 Å². The van der Waals surface area contributed by atoms with Gasteiger partial charge in [-0.25, -0.2) is 13.2 Å². The Bertz CT molecular complexity index is 804. The van der Waals surface area contributed by atoms with Crippen molar-refractivity contribution in [2.45, 2.75) is 44.6 Å². The maximum Gasteiger partial charge on any atom is 0.340 e. The van der Waals surface area contributed by atoms with Crippen molar-refractivity contribution in [3.05, 3.63) is 28.8 Å². The van der Waals surface area contributed by atoms with E-state index in [1.165, 1.54) is 22.5 Å². The molecule has 0 aromatic heterocycles. The average Bonchev–Trinajstić information content (AvgIpc) is 3.15. The molecule has 0 radical (unpaired) electrons. The first-order valence-corrected chi connectivity index (χ1v) is 10.7. The van der Waals surface area contributed by atoms with E-state index >= 15 is 0 Å². The number of sulfonamides is 1. The van der Waals surface area contributed by atoms with E-state index < -0.39 is 28.5 Å². The second kappa shape index (κ2) is 9.03. The minimum absolute atomic E-state index is 0.0152. The van der Waals surface area contributed by atoms with Crippen molar-refractivity contribution in [2.75, 3.05) is 19.7 Å². The molecule has 7 nitrogen and oxygen atoms in total. The molecule has 27 heavy (non-hydrogen) atoms. The number of nitrogens with zero attached hydrogens (tertiary/aromatic N) is 1. The predicted octanol–water partition coefficient (Wildman–Crippen LogP) is 2.44. The van der Waals surface area contributed by atoms with Crippen LogP contribution in [0.2, 0.25) is 5.02 Å². The van der Waals surface area contributed by atoms with E-state index in [4.69, 9.17) is 16.3 Å². The standard InChI is InChI=1S/C18H25ClN2O5S/c1-12(2)13(3)20-17(22)11-26-18(23)15-10-14(6-7-16(15)19)27(24,25)21-8-4-5-9-21/h6-7,10,12-13H,4-5,8-9,11H2,1-3H3,(H,20,22)/t13-/m1/s1. The zero-order chi connectivity index (χ0) is 20.2. The van der Waals surface area contributed by atoms with Crippen LogP contribution in [-0.4, -0.2) is 50.3 Å². The Kier molecular flexibility index (Phi) is 7.25. The van der Waals surface area contributed by atoms with E-state index in [-0.39, 0.29) is 27.4 Å².